The summed E-state index contributed by atoms with van der Waals surface area (Å²) in [7, 11) is 0. The number of hydrogen-bond donors (Lipinski definition) is 3. The minimum Gasteiger partial charge on any atom is -0.484 e. The monoisotopic (exact) mass is 483 g/mol. The molecular weight excluding hydrogens is 465 g/mol. The minimum atomic E-state index is -0.425. The quantitative estimate of drug-likeness (QED) is 0.346. The molecule has 0 saturated carbocycles. The van der Waals surface area contributed by atoms with Crippen LogP contribution in [0, 0.1) is 3.57 Å². The van der Waals surface area contributed by atoms with Crippen LogP contribution in [-0.4, -0.2) is 23.5 Å². The van der Waals surface area contributed by atoms with E-state index < -0.39 is 5.91 Å². The van der Waals surface area contributed by atoms with Crippen molar-refractivity contribution < 1.29 is 14.3 Å². The molecule has 2 aromatic carbocycles. The third-order valence-corrected chi connectivity index (χ3v) is 4.51. The molecule has 3 N–H and O–H groups in total. The average Bonchev–Trinajstić information content (AvgIpc) is 2.65. The Kier molecular flexibility index (Phi) is 7.79. The molecule has 0 aromatic heterocycles. The smallest absolute Gasteiger partial charge is 0.270 e. The van der Waals surface area contributed by atoms with Gasteiger partial charge in [-0.2, -0.15) is 0 Å². The molecule has 2 amide bonds. The summed E-state index contributed by atoms with van der Waals surface area (Å²) in [4.78, 5) is 23.9. The predicted molar refractivity (Wildman–Crippen MR) is 112 cm³/mol. The van der Waals surface area contributed by atoms with Crippen LogP contribution < -0.4 is 20.9 Å². The van der Waals surface area contributed by atoms with Gasteiger partial charge in [0.1, 0.15) is 5.75 Å². The van der Waals surface area contributed by atoms with Crippen molar-refractivity contribution in [2.75, 3.05) is 6.61 Å². The molecule has 0 aliphatic heterocycles. The van der Waals surface area contributed by atoms with Crippen molar-refractivity contribution in [2.24, 2.45) is 0 Å². The Hall–Kier alpha value is -2.20. The Labute approximate surface area is 170 Å². The van der Waals surface area contributed by atoms with Gasteiger partial charge in [-0.05, 0) is 71.1 Å². The van der Waals surface area contributed by atoms with Gasteiger partial charge in [0.2, 0.25) is 0 Å². The number of thiocarbonyl (C=S) groups is 1. The molecule has 2 rings (SSSR count). The van der Waals surface area contributed by atoms with Gasteiger partial charge in [-0.1, -0.05) is 31.2 Å². The van der Waals surface area contributed by atoms with Crippen molar-refractivity contribution in [1.82, 2.24) is 16.2 Å². The van der Waals surface area contributed by atoms with Crippen molar-refractivity contribution >= 4 is 51.7 Å². The van der Waals surface area contributed by atoms with E-state index in [-0.39, 0.29) is 17.6 Å². The number of carbonyl (C=O) groups excluding carboxylic acids is 2. The number of nitrogens with one attached hydrogen (secondary N) is 3. The Morgan fingerprint density at radius 3 is 2.42 bits per heavy atom. The second-order valence-electron chi connectivity index (χ2n) is 5.22. The van der Waals surface area contributed by atoms with E-state index in [0.717, 1.165) is 9.99 Å². The Morgan fingerprint density at radius 2 is 1.77 bits per heavy atom. The van der Waals surface area contributed by atoms with E-state index in [1.54, 1.807) is 12.1 Å². The van der Waals surface area contributed by atoms with Gasteiger partial charge in [-0.25, -0.2) is 0 Å². The average molecular weight is 483 g/mol. The molecule has 0 fully saturated rings. The van der Waals surface area contributed by atoms with Crippen molar-refractivity contribution in [2.45, 2.75) is 13.3 Å². The SMILES string of the molecule is CCc1ccc(OCC(=O)NC(=S)NNC(=O)c2ccccc2I)cc1. The van der Waals surface area contributed by atoms with Crippen LogP contribution in [0.5, 0.6) is 5.75 Å². The minimum absolute atomic E-state index is 0.0146. The number of carbonyl (C=O) groups is 2. The lowest BCUT2D eigenvalue weighted by molar-refractivity contribution is -0.121. The molecule has 0 aliphatic carbocycles. The van der Waals surface area contributed by atoms with Crippen LogP contribution in [0.2, 0.25) is 0 Å². The maximum absolute atomic E-state index is 12.0. The van der Waals surface area contributed by atoms with Crippen molar-refractivity contribution in [3.05, 3.63) is 63.2 Å². The highest BCUT2D eigenvalue weighted by molar-refractivity contribution is 14.1. The number of hydrazine groups is 1. The van der Waals surface area contributed by atoms with Crippen LogP contribution in [0.15, 0.2) is 48.5 Å². The predicted octanol–water partition coefficient (Wildman–Crippen LogP) is 2.57. The number of aryl methyl sites for hydroxylation is 1. The van der Waals surface area contributed by atoms with Crippen molar-refractivity contribution in [3.63, 3.8) is 0 Å². The van der Waals surface area contributed by atoms with Crippen LogP contribution >= 0.6 is 34.8 Å². The fraction of sp³-hybridized carbons (Fsp3) is 0.167. The molecule has 0 unspecified atom stereocenters. The lowest BCUT2D eigenvalue weighted by atomic mass is 10.2. The highest BCUT2D eigenvalue weighted by Gasteiger charge is 2.10. The summed E-state index contributed by atoms with van der Waals surface area (Å²) >= 11 is 7.05. The number of rotatable bonds is 5. The summed E-state index contributed by atoms with van der Waals surface area (Å²) in [5.41, 5.74) is 6.63. The fourth-order valence-corrected chi connectivity index (χ4v) is 2.79. The maximum Gasteiger partial charge on any atom is 0.270 e. The molecule has 8 heteroatoms. The number of benzene rings is 2. The molecule has 2 aromatic rings. The highest BCUT2D eigenvalue weighted by Crippen LogP contribution is 2.12. The number of ether oxygens (including phenoxy) is 1. The molecule has 0 atom stereocenters. The molecule has 0 spiro atoms. The van der Waals surface area contributed by atoms with Gasteiger partial charge in [0.05, 0.1) is 5.56 Å². The maximum atomic E-state index is 12.0. The van der Waals surface area contributed by atoms with E-state index in [1.165, 1.54) is 5.56 Å². The van der Waals surface area contributed by atoms with Crippen LogP contribution in [0.25, 0.3) is 0 Å². The van der Waals surface area contributed by atoms with Crippen LogP contribution in [-0.2, 0) is 11.2 Å². The first-order valence-electron chi connectivity index (χ1n) is 7.86. The summed E-state index contributed by atoms with van der Waals surface area (Å²) in [6, 6.07) is 14.6. The normalized spacial score (nSPS) is 9.92. The molecule has 0 heterocycles. The van der Waals surface area contributed by atoms with E-state index in [0.29, 0.717) is 11.3 Å². The molecular formula is C18H18IN3O3S. The first-order chi connectivity index (χ1) is 12.5. The first-order valence-corrected chi connectivity index (χ1v) is 9.34. The largest absolute Gasteiger partial charge is 0.484 e. The van der Waals surface area contributed by atoms with E-state index in [9.17, 15) is 9.59 Å². The summed E-state index contributed by atoms with van der Waals surface area (Å²) in [5, 5.41) is 2.42. The van der Waals surface area contributed by atoms with Gasteiger partial charge in [0.15, 0.2) is 11.7 Å². The lowest BCUT2D eigenvalue weighted by Crippen LogP contribution is -2.49. The first kappa shape index (κ1) is 20.1. The van der Waals surface area contributed by atoms with Gasteiger partial charge in [0, 0.05) is 3.57 Å². The standard InChI is InChI=1S/C18H18IN3O3S/c1-2-12-7-9-13(10-8-12)25-11-16(23)20-18(26)22-21-17(24)14-5-3-4-6-15(14)19/h3-10H,2,11H2,1H3,(H,21,24)(H2,20,22,23,26). The molecule has 0 radical (unpaired) electrons. The molecule has 136 valence electrons. The zero-order chi connectivity index (χ0) is 18.9. The molecule has 0 saturated heterocycles. The second-order valence-corrected chi connectivity index (χ2v) is 6.79. The Morgan fingerprint density at radius 1 is 1.08 bits per heavy atom. The van der Waals surface area contributed by atoms with Gasteiger partial charge in [-0.3, -0.25) is 25.8 Å². The van der Waals surface area contributed by atoms with E-state index in [1.807, 2.05) is 36.4 Å². The van der Waals surface area contributed by atoms with Crippen molar-refractivity contribution in [3.8, 4) is 5.75 Å². The molecule has 26 heavy (non-hydrogen) atoms. The summed E-state index contributed by atoms with van der Waals surface area (Å²) < 4.78 is 6.20. The van der Waals surface area contributed by atoms with E-state index >= 15 is 0 Å². The summed E-state index contributed by atoms with van der Waals surface area (Å²) in [5.74, 6) is -0.173. The zero-order valence-electron chi connectivity index (χ0n) is 14.0. The van der Waals surface area contributed by atoms with Gasteiger partial charge >= 0.3 is 0 Å². The molecule has 0 bridgehead atoms. The van der Waals surface area contributed by atoms with Gasteiger partial charge in [-0.15, -0.1) is 0 Å². The van der Waals surface area contributed by atoms with Gasteiger partial charge in [0.25, 0.3) is 11.8 Å². The third-order valence-electron chi connectivity index (χ3n) is 3.36. The summed E-state index contributed by atoms with van der Waals surface area (Å²) in [6.07, 6.45) is 0.939. The fourth-order valence-electron chi connectivity index (χ4n) is 1.99. The van der Waals surface area contributed by atoms with Gasteiger partial charge < -0.3 is 4.74 Å². The highest BCUT2D eigenvalue weighted by atomic mass is 127. The third kappa shape index (κ3) is 6.26. The van der Waals surface area contributed by atoms with Crippen molar-refractivity contribution in [1.29, 1.82) is 0 Å². The lowest BCUT2D eigenvalue weighted by Gasteiger charge is -2.12. The van der Waals surface area contributed by atoms with Crippen LogP contribution in [0.4, 0.5) is 0 Å². The zero-order valence-corrected chi connectivity index (χ0v) is 17.0. The molecule has 0 aliphatic rings. The topological polar surface area (TPSA) is 79.5 Å². The van der Waals surface area contributed by atoms with E-state index in [2.05, 4.69) is 45.7 Å². The van der Waals surface area contributed by atoms with E-state index in [4.69, 9.17) is 17.0 Å². The number of halogens is 1. The molecule has 6 nitrogen and oxygen atoms in total. The second kappa shape index (κ2) is 10.1. The Balaban J connectivity index is 1.73. The number of hydrogen-bond acceptors (Lipinski definition) is 4. The number of amides is 2. The Bertz CT molecular complexity index is 797. The summed E-state index contributed by atoms with van der Waals surface area (Å²) in [6.45, 7) is 1.88. The van der Waals surface area contributed by atoms with Crippen LogP contribution in [0.1, 0.15) is 22.8 Å². The van der Waals surface area contributed by atoms with Crippen LogP contribution in [0.3, 0.4) is 0 Å².